The Morgan fingerprint density at radius 3 is 2.54 bits per heavy atom. The van der Waals surface area contributed by atoms with Gasteiger partial charge in [-0.25, -0.2) is 4.98 Å². The molecule has 5 nitrogen and oxygen atoms in total. The van der Waals surface area contributed by atoms with E-state index in [9.17, 15) is 0 Å². The van der Waals surface area contributed by atoms with E-state index >= 15 is 0 Å². The van der Waals surface area contributed by atoms with E-state index in [1.165, 1.54) is 57.4 Å². The molecule has 2 heterocycles. The number of benzene rings is 2. The van der Waals surface area contributed by atoms with Gasteiger partial charge < -0.3 is 20.9 Å². The van der Waals surface area contributed by atoms with Crippen molar-refractivity contribution in [2.75, 3.05) is 39.0 Å². The molecule has 2 aromatic carbocycles. The maximum absolute atomic E-state index is 7.41. The molecule has 0 aliphatic carbocycles. The molecule has 0 bridgehead atoms. The molecule has 35 heavy (non-hydrogen) atoms. The van der Waals surface area contributed by atoms with Crippen molar-refractivity contribution in [3.8, 4) is 11.3 Å². The minimum Gasteiger partial charge on any atom is -0.398 e. The van der Waals surface area contributed by atoms with Crippen LogP contribution in [-0.2, 0) is 0 Å². The first-order valence-corrected chi connectivity index (χ1v) is 12.5. The van der Waals surface area contributed by atoms with E-state index in [-0.39, 0.29) is 0 Å². The zero-order valence-electron chi connectivity index (χ0n) is 20.9. The van der Waals surface area contributed by atoms with Crippen LogP contribution in [0, 0.1) is 5.41 Å². The number of hydrogen-bond acceptors (Lipinski definition) is 5. The summed E-state index contributed by atoms with van der Waals surface area (Å²) < 4.78 is 0. The van der Waals surface area contributed by atoms with Crippen molar-refractivity contribution in [2.24, 2.45) is 0 Å². The average Bonchev–Trinajstić information content (AvgIpc) is 2.88. The first-order valence-electron chi connectivity index (χ1n) is 12.1. The van der Waals surface area contributed by atoms with Crippen molar-refractivity contribution in [1.29, 1.82) is 5.41 Å². The summed E-state index contributed by atoms with van der Waals surface area (Å²) in [5, 5.41) is 8.95. The van der Waals surface area contributed by atoms with Gasteiger partial charge in [-0.15, -0.1) is 0 Å². The third-order valence-corrected chi connectivity index (χ3v) is 6.64. The van der Waals surface area contributed by atoms with E-state index in [4.69, 9.17) is 22.7 Å². The molecule has 1 aliphatic rings. The number of piperazine rings is 1. The second kappa shape index (κ2) is 12.5. The highest BCUT2D eigenvalue weighted by Gasteiger charge is 2.14. The molecular weight excluding hydrogens is 454 g/mol. The summed E-state index contributed by atoms with van der Waals surface area (Å²) in [6.45, 7) is 14.9. The van der Waals surface area contributed by atoms with Gasteiger partial charge in [-0.05, 0) is 49.7 Å². The lowest BCUT2D eigenvalue weighted by Gasteiger charge is -2.35. The van der Waals surface area contributed by atoms with Gasteiger partial charge >= 0.3 is 0 Å². The Morgan fingerprint density at radius 2 is 1.89 bits per heavy atom. The third kappa shape index (κ3) is 6.93. The van der Waals surface area contributed by atoms with E-state index in [0.29, 0.717) is 16.3 Å². The third-order valence-electron chi connectivity index (χ3n) is 6.33. The predicted octanol–water partition coefficient (Wildman–Crippen LogP) is 6.72. The number of hydrogen-bond donors (Lipinski definition) is 2. The maximum Gasteiger partial charge on any atom is 0.0730 e. The number of aromatic nitrogens is 1. The van der Waals surface area contributed by atoms with Gasteiger partial charge in [0, 0.05) is 60.3 Å². The summed E-state index contributed by atoms with van der Waals surface area (Å²) in [5.41, 5.74) is 11.8. The first-order chi connectivity index (χ1) is 16.9. The van der Waals surface area contributed by atoms with Gasteiger partial charge in [-0.2, -0.15) is 0 Å². The number of likely N-dealkylation sites (N-methyl/N-ethyl adjacent to an activating group) is 1. The fourth-order valence-corrected chi connectivity index (χ4v) is 4.26. The zero-order chi connectivity index (χ0) is 25.4. The second-order valence-corrected chi connectivity index (χ2v) is 9.33. The normalized spacial score (nSPS) is 13.7. The van der Waals surface area contributed by atoms with Crippen molar-refractivity contribution in [3.63, 3.8) is 0 Å². The van der Waals surface area contributed by atoms with Crippen molar-refractivity contribution >= 4 is 40.5 Å². The number of nitrogen functional groups attached to an aromatic ring is 1. The standard InChI is InChI=1S/C18H14ClN3.C11H22N2/c1-2-11-3-5-14-15(19)9-17(22-18(14)7-11)12-4-6-16(21)13(8-12)10-20;1-4-5-6-11(2)13-9-7-12(3)8-10-13/h2-10,20H,1,21H2;2,4-10H2,1,3H3. The lowest BCUT2D eigenvalue weighted by atomic mass is 10.0. The van der Waals surface area contributed by atoms with Crippen LogP contribution in [0.3, 0.4) is 0 Å². The molecule has 3 N–H and O–H groups in total. The number of pyridine rings is 1. The Morgan fingerprint density at radius 1 is 1.14 bits per heavy atom. The summed E-state index contributed by atoms with van der Waals surface area (Å²) in [7, 11) is 2.19. The number of halogens is 1. The molecule has 6 heteroatoms. The number of rotatable bonds is 7. The molecule has 1 fully saturated rings. The summed E-state index contributed by atoms with van der Waals surface area (Å²) in [5.74, 6) is 0. The molecule has 0 spiro atoms. The average molecular weight is 490 g/mol. The Kier molecular flexibility index (Phi) is 9.47. The highest BCUT2D eigenvalue weighted by molar-refractivity contribution is 6.35. The van der Waals surface area contributed by atoms with Gasteiger partial charge in [-0.1, -0.05) is 62.4 Å². The Hall–Kier alpha value is -3.15. The number of nitrogens with two attached hydrogens (primary N) is 1. The fourth-order valence-electron chi connectivity index (χ4n) is 4.00. The van der Waals surface area contributed by atoms with E-state index in [2.05, 4.69) is 41.9 Å². The highest BCUT2D eigenvalue weighted by Crippen LogP contribution is 2.30. The first kappa shape index (κ1) is 26.5. The van der Waals surface area contributed by atoms with Crippen LogP contribution in [0.1, 0.15) is 37.3 Å². The van der Waals surface area contributed by atoms with Gasteiger partial charge in [0.2, 0.25) is 0 Å². The van der Waals surface area contributed by atoms with E-state index in [0.717, 1.165) is 27.7 Å². The maximum atomic E-state index is 7.41. The molecule has 3 aromatic rings. The largest absolute Gasteiger partial charge is 0.398 e. The molecule has 4 rings (SSSR count). The van der Waals surface area contributed by atoms with Crippen molar-refractivity contribution in [2.45, 2.75) is 26.2 Å². The van der Waals surface area contributed by atoms with Crippen LogP contribution in [0.15, 0.2) is 61.3 Å². The van der Waals surface area contributed by atoms with Gasteiger partial charge in [0.1, 0.15) is 0 Å². The number of anilines is 1. The van der Waals surface area contributed by atoms with Crippen LogP contribution in [0.4, 0.5) is 5.69 Å². The molecule has 1 aromatic heterocycles. The Labute approximate surface area is 214 Å². The zero-order valence-corrected chi connectivity index (χ0v) is 21.6. The molecule has 0 saturated carbocycles. The van der Waals surface area contributed by atoms with Crippen molar-refractivity contribution < 1.29 is 0 Å². The van der Waals surface area contributed by atoms with Crippen molar-refractivity contribution in [1.82, 2.24) is 14.8 Å². The molecular formula is C29H36ClN5. The van der Waals surface area contributed by atoms with E-state index in [1.807, 2.05) is 36.4 Å². The van der Waals surface area contributed by atoms with Crippen LogP contribution in [-0.4, -0.2) is 54.2 Å². The summed E-state index contributed by atoms with van der Waals surface area (Å²) in [6, 6.07) is 13.2. The second-order valence-electron chi connectivity index (χ2n) is 8.92. The molecule has 0 radical (unpaired) electrons. The minimum absolute atomic E-state index is 0.569. The van der Waals surface area contributed by atoms with Crippen LogP contribution in [0.5, 0.6) is 0 Å². The van der Waals surface area contributed by atoms with Gasteiger partial charge in [0.25, 0.3) is 0 Å². The SMILES string of the molecule is C=C(CCCC)N1CCN(C)CC1.C=Cc1ccc2c(Cl)cc(-c3ccc(N)c(C=N)c3)nc2c1. The van der Waals surface area contributed by atoms with Crippen LogP contribution in [0.2, 0.25) is 5.02 Å². The predicted molar refractivity (Wildman–Crippen MR) is 152 cm³/mol. The monoisotopic (exact) mass is 489 g/mol. The number of fused-ring (bicyclic) bond motifs is 1. The number of nitrogens with one attached hydrogen (secondary N) is 1. The Bertz CT molecular complexity index is 1200. The summed E-state index contributed by atoms with van der Waals surface area (Å²) >= 11 is 6.38. The van der Waals surface area contributed by atoms with Gasteiger partial charge in [-0.3, -0.25) is 0 Å². The molecule has 1 saturated heterocycles. The van der Waals surface area contributed by atoms with Crippen LogP contribution >= 0.6 is 11.6 Å². The lowest BCUT2D eigenvalue weighted by Crippen LogP contribution is -2.43. The molecule has 0 unspecified atom stereocenters. The van der Waals surface area contributed by atoms with Gasteiger partial charge in [0.15, 0.2) is 0 Å². The number of allylic oxidation sites excluding steroid dienone is 1. The van der Waals surface area contributed by atoms with E-state index < -0.39 is 0 Å². The van der Waals surface area contributed by atoms with Crippen LogP contribution in [0.25, 0.3) is 28.2 Å². The lowest BCUT2D eigenvalue weighted by molar-refractivity contribution is 0.182. The number of nitrogens with zero attached hydrogens (tertiary/aromatic N) is 3. The quantitative estimate of drug-likeness (QED) is 0.285. The number of unbranched alkanes of at least 4 members (excludes halogenated alkanes) is 1. The fraction of sp³-hybridized carbons (Fsp3) is 0.310. The van der Waals surface area contributed by atoms with E-state index in [1.54, 1.807) is 12.1 Å². The van der Waals surface area contributed by atoms with Gasteiger partial charge in [0.05, 0.1) is 16.2 Å². The molecule has 0 atom stereocenters. The molecule has 0 amide bonds. The Balaban J connectivity index is 0.000000225. The smallest absolute Gasteiger partial charge is 0.0730 e. The van der Waals surface area contributed by atoms with Crippen molar-refractivity contribution in [3.05, 3.63) is 77.5 Å². The summed E-state index contributed by atoms with van der Waals surface area (Å²) in [6.07, 6.45) is 6.74. The summed E-state index contributed by atoms with van der Waals surface area (Å²) in [4.78, 5) is 9.49. The highest BCUT2D eigenvalue weighted by atomic mass is 35.5. The molecule has 184 valence electrons. The van der Waals surface area contributed by atoms with Crippen LogP contribution < -0.4 is 5.73 Å². The molecule has 1 aliphatic heterocycles. The topological polar surface area (TPSA) is 69.2 Å². The minimum atomic E-state index is 0.569.